The largest absolute Gasteiger partial charge is 0.479 e. The molecule has 0 amide bonds. The number of carbonyl (C=O) groups excluding carboxylic acids is 1. The minimum absolute atomic E-state index is 0.0188. The van der Waals surface area contributed by atoms with Crippen molar-refractivity contribution in [2.24, 2.45) is 0 Å². The number of nitrogens with zero attached hydrogens (tertiary/aromatic N) is 1. The summed E-state index contributed by atoms with van der Waals surface area (Å²) in [5, 5.41) is 19.4. The van der Waals surface area contributed by atoms with Gasteiger partial charge in [-0.15, -0.1) is 0 Å². The Bertz CT molecular complexity index is 808. The number of nitro groups is 1. The summed E-state index contributed by atoms with van der Waals surface area (Å²) in [5.74, 6) is -0.979. The van der Waals surface area contributed by atoms with Crippen LogP contribution >= 0.6 is 0 Å². The maximum absolute atomic E-state index is 12.1. The molecule has 0 spiro atoms. The Morgan fingerprint density at radius 1 is 1.12 bits per heavy atom. The maximum atomic E-state index is 12.1. The minimum Gasteiger partial charge on any atom is -0.479 e. The summed E-state index contributed by atoms with van der Waals surface area (Å²) in [6.45, 7) is 1.41. The van der Waals surface area contributed by atoms with Gasteiger partial charge < -0.3 is 9.84 Å². The van der Waals surface area contributed by atoms with E-state index >= 15 is 0 Å². The third kappa shape index (κ3) is 5.00. The summed E-state index contributed by atoms with van der Waals surface area (Å²) < 4.78 is 5.19. The molecule has 0 aliphatic heterocycles. The zero-order chi connectivity index (χ0) is 18.4. The third-order valence-corrected chi connectivity index (χ3v) is 3.33. The number of nitro benzene ring substituents is 1. The van der Waals surface area contributed by atoms with Gasteiger partial charge in [0.05, 0.1) is 4.92 Å². The first kappa shape index (κ1) is 17.9. The van der Waals surface area contributed by atoms with Crippen LogP contribution in [0.2, 0.25) is 0 Å². The first-order valence-corrected chi connectivity index (χ1v) is 7.33. The molecule has 0 aliphatic rings. The van der Waals surface area contributed by atoms with Crippen molar-refractivity contribution in [3.63, 3.8) is 0 Å². The molecule has 0 aromatic heterocycles. The van der Waals surface area contributed by atoms with Gasteiger partial charge in [-0.05, 0) is 55.0 Å². The van der Waals surface area contributed by atoms with E-state index in [1.807, 2.05) is 0 Å². The standard InChI is InChI=1S/C18H15NO6/c1-12(18(21)22)25-16-9-5-14(6-10-16)17(20)11-4-13-2-7-15(8-3-13)19(23)24/h2-12H,1H3,(H,21,22)/b11-4+/t12-/m0/s1. The predicted octanol–water partition coefficient (Wildman–Crippen LogP) is 3.34. The van der Waals surface area contributed by atoms with E-state index in [0.717, 1.165) is 0 Å². The van der Waals surface area contributed by atoms with Crippen molar-refractivity contribution in [2.75, 3.05) is 0 Å². The number of hydrogen-bond acceptors (Lipinski definition) is 5. The average Bonchev–Trinajstić information content (AvgIpc) is 2.60. The molecule has 0 fully saturated rings. The molecule has 0 radical (unpaired) electrons. The summed E-state index contributed by atoms with van der Waals surface area (Å²) in [4.78, 5) is 32.9. The number of aliphatic carboxylic acids is 1. The van der Waals surface area contributed by atoms with Crippen molar-refractivity contribution >= 4 is 23.5 Å². The van der Waals surface area contributed by atoms with E-state index < -0.39 is 17.0 Å². The maximum Gasteiger partial charge on any atom is 0.344 e. The van der Waals surface area contributed by atoms with E-state index in [-0.39, 0.29) is 11.5 Å². The molecule has 1 N–H and O–H groups in total. The van der Waals surface area contributed by atoms with Crippen molar-refractivity contribution in [3.05, 3.63) is 75.8 Å². The van der Waals surface area contributed by atoms with Gasteiger partial charge in [-0.3, -0.25) is 14.9 Å². The normalized spacial score (nSPS) is 11.9. The second-order valence-electron chi connectivity index (χ2n) is 5.17. The number of benzene rings is 2. The third-order valence-electron chi connectivity index (χ3n) is 3.33. The Balaban J connectivity index is 2.02. The zero-order valence-corrected chi connectivity index (χ0v) is 13.3. The second-order valence-corrected chi connectivity index (χ2v) is 5.17. The number of carboxylic acids is 1. The Labute approximate surface area is 143 Å². The molecule has 25 heavy (non-hydrogen) atoms. The lowest BCUT2D eigenvalue weighted by Gasteiger charge is -2.10. The topological polar surface area (TPSA) is 107 Å². The van der Waals surface area contributed by atoms with Crippen LogP contribution in [0, 0.1) is 10.1 Å². The first-order chi connectivity index (χ1) is 11.9. The fourth-order valence-electron chi connectivity index (χ4n) is 1.93. The van der Waals surface area contributed by atoms with Crippen LogP contribution in [0.5, 0.6) is 5.75 Å². The molecule has 0 saturated carbocycles. The van der Waals surface area contributed by atoms with Gasteiger partial charge in [-0.25, -0.2) is 4.79 Å². The SMILES string of the molecule is C[C@H](Oc1ccc(C(=O)/C=C/c2ccc([N+](=O)[O-])cc2)cc1)C(=O)O. The monoisotopic (exact) mass is 341 g/mol. The van der Waals surface area contributed by atoms with Crippen LogP contribution in [-0.4, -0.2) is 27.9 Å². The predicted molar refractivity (Wildman–Crippen MR) is 90.6 cm³/mol. The van der Waals surface area contributed by atoms with Gasteiger partial charge in [0.25, 0.3) is 5.69 Å². The number of ketones is 1. The minimum atomic E-state index is -1.08. The highest BCUT2D eigenvalue weighted by Crippen LogP contribution is 2.16. The van der Waals surface area contributed by atoms with Crippen LogP contribution in [0.3, 0.4) is 0 Å². The molecule has 1 atom stereocenters. The molecule has 0 aliphatic carbocycles. The molecular weight excluding hydrogens is 326 g/mol. The quantitative estimate of drug-likeness (QED) is 0.358. The molecule has 2 aromatic carbocycles. The molecule has 128 valence electrons. The molecule has 0 heterocycles. The molecule has 7 heteroatoms. The number of carboxylic acid groups (broad SMARTS) is 1. The lowest BCUT2D eigenvalue weighted by molar-refractivity contribution is -0.384. The summed E-state index contributed by atoms with van der Waals surface area (Å²) >= 11 is 0. The number of allylic oxidation sites excluding steroid dienone is 1. The average molecular weight is 341 g/mol. The van der Waals surface area contributed by atoms with Crippen LogP contribution in [0.1, 0.15) is 22.8 Å². The number of hydrogen-bond donors (Lipinski definition) is 1. The summed E-state index contributed by atoms with van der Waals surface area (Å²) in [5.41, 5.74) is 1.05. The molecule has 0 saturated heterocycles. The van der Waals surface area contributed by atoms with E-state index in [4.69, 9.17) is 9.84 Å². The van der Waals surface area contributed by atoms with Crippen molar-refractivity contribution < 1.29 is 24.4 Å². The summed E-state index contributed by atoms with van der Waals surface area (Å²) in [6.07, 6.45) is 1.93. The number of carbonyl (C=O) groups is 2. The smallest absolute Gasteiger partial charge is 0.344 e. The molecular formula is C18H15NO6. The van der Waals surface area contributed by atoms with Gasteiger partial charge in [0.2, 0.25) is 0 Å². The van der Waals surface area contributed by atoms with Crippen molar-refractivity contribution in [3.8, 4) is 5.75 Å². The van der Waals surface area contributed by atoms with E-state index in [2.05, 4.69) is 0 Å². The Hall–Kier alpha value is -3.48. The highest BCUT2D eigenvalue weighted by atomic mass is 16.6. The molecule has 2 rings (SSSR count). The fourth-order valence-corrected chi connectivity index (χ4v) is 1.93. The number of rotatable bonds is 7. The van der Waals surface area contributed by atoms with E-state index in [1.165, 1.54) is 49.4 Å². The number of non-ortho nitro benzene ring substituents is 1. The molecule has 7 nitrogen and oxygen atoms in total. The highest BCUT2D eigenvalue weighted by Gasteiger charge is 2.12. The summed E-state index contributed by atoms with van der Waals surface area (Å²) in [7, 11) is 0. The van der Waals surface area contributed by atoms with Gasteiger partial charge in [-0.2, -0.15) is 0 Å². The zero-order valence-electron chi connectivity index (χ0n) is 13.3. The van der Waals surface area contributed by atoms with Crippen LogP contribution in [0.25, 0.3) is 6.08 Å². The van der Waals surface area contributed by atoms with Gasteiger partial charge >= 0.3 is 5.97 Å². The second kappa shape index (κ2) is 7.87. The van der Waals surface area contributed by atoms with Gasteiger partial charge in [-0.1, -0.05) is 6.08 Å². The van der Waals surface area contributed by atoms with Crippen molar-refractivity contribution in [1.82, 2.24) is 0 Å². The number of ether oxygens (including phenoxy) is 1. The van der Waals surface area contributed by atoms with Gasteiger partial charge in [0, 0.05) is 17.7 Å². The van der Waals surface area contributed by atoms with Crippen LogP contribution < -0.4 is 4.74 Å². The first-order valence-electron chi connectivity index (χ1n) is 7.33. The molecule has 0 unspecified atom stereocenters. The lowest BCUT2D eigenvalue weighted by atomic mass is 10.1. The lowest BCUT2D eigenvalue weighted by Crippen LogP contribution is -2.22. The molecule has 0 bridgehead atoms. The Morgan fingerprint density at radius 2 is 1.72 bits per heavy atom. The van der Waals surface area contributed by atoms with E-state index in [9.17, 15) is 19.7 Å². The van der Waals surface area contributed by atoms with Crippen LogP contribution in [0.15, 0.2) is 54.6 Å². The highest BCUT2D eigenvalue weighted by molar-refractivity contribution is 6.06. The van der Waals surface area contributed by atoms with Gasteiger partial charge in [0.1, 0.15) is 5.75 Å². The van der Waals surface area contributed by atoms with Crippen molar-refractivity contribution in [2.45, 2.75) is 13.0 Å². The Morgan fingerprint density at radius 3 is 2.24 bits per heavy atom. The Kier molecular flexibility index (Phi) is 5.62. The van der Waals surface area contributed by atoms with Crippen LogP contribution in [-0.2, 0) is 4.79 Å². The fraction of sp³-hybridized carbons (Fsp3) is 0.111. The summed E-state index contributed by atoms with van der Waals surface area (Å²) in [6, 6.07) is 11.9. The van der Waals surface area contributed by atoms with Gasteiger partial charge in [0.15, 0.2) is 11.9 Å². The molecule has 2 aromatic rings. The van der Waals surface area contributed by atoms with Crippen LogP contribution in [0.4, 0.5) is 5.69 Å². The van der Waals surface area contributed by atoms with E-state index in [1.54, 1.807) is 18.2 Å². The van der Waals surface area contributed by atoms with Crippen molar-refractivity contribution in [1.29, 1.82) is 0 Å². The van der Waals surface area contributed by atoms with E-state index in [0.29, 0.717) is 16.9 Å².